The topological polar surface area (TPSA) is 57.3 Å². The number of benzene rings is 1. The molecule has 6 heteroatoms. The molecule has 0 atom stereocenters. The highest BCUT2D eigenvalue weighted by Gasteiger charge is 2.20. The first-order valence-electron chi connectivity index (χ1n) is 7.46. The third-order valence-electron chi connectivity index (χ3n) is 3.70. The van der Waals surface area contributed by atoms with Gasteiger partial charge in [0.2, 0.25) is 0 Å². The highest BCUT2D eigenvalue weighted by Crippen LogP contribution is 2.34. The number of rotatable bonds is 4. The molecule has 5 nitrogen and oxygen atoms in total. The minimum absolute atomic E-state index is 0.0265. The molecule has 0 bridgehead atoms. The van der Waals surface area contributed by atoms with Crippen molar-refractivity contribution in [3.63, 3.8) is 0 Å². The van der Waals surface area contributed by atoms with Gasteiger partial charge in [-0.05, 0) is 48.0 Å². The fourth-order valence-corrected chi connectivity index (χ4v) is 2.99. The summed E-state index contributed by atoms with van der Waals surface area (Å²) in [6, 6.07) is 11.9. The second-order valence-electron chi connectivity index (χ2n) is 5.52. The summed E-state index contributed by atoms with van der Waals surface area (Å²) in [6.45, 7) is 3.93. The van der Waals surface area contributed by atoms with Crippen LogP contribution in [0.5, 0.6) is 0 Å². The van der Waals surface area contributed by atoms with Gasteiger partial charge in [-0.25, -0.2) is 4.68 Å². The molecule has 0 N–H and O–H groups in total. The fraction of sp³-hybridized carbons (Fsp3) is 0.222. The summed E-state index contributed by atoms with van der Waals surface area (Å²) < 4.78 is 13.1. The molecule has 0 fully saturated rings. The first-order valence-corrected chi connectivity index (χ1v) is 8.26. The minimum atomic E-state index is -0.364. The Morgan fingerprint density at radius 2 is 2.00 bits per heavy atom. The van der Waals surface area contributed by atoms with Gasteiger partial charge >= 0.3 is 5.97 Å². The minimum Gasteiger partial charge on any atom is -0.468 e. The van der Waals surface area contributed by atoms with E-state index in [9.17, 15) is 4.79 Å². The van der Waals surface area contributed by atoms with E-state index in [2.05, 4.69) is 27.1 Å². The third kappa shape index (κ3) is 3.14. The van der Waals surface area contributed by atoms with Crippen molar-refractivity contribution in [2.75, 3.05) is 7.11 Å². The lowest BCUT2D eigenvalue weighted by Crippen LogP contribution is -2.13. The number of hydrogen-bond acceptors (Lipinski definition) is 4. The lowest BCUT2D eigenvalue weighted by atomic mass is 10.1. The van der Waals surface area contributed by atoms with Gasteiger partial charge < -0.3 is 9.15 Å². The standard InChI is InChI=1S/C18H17BrN2O3/c1-11-5-4-6-13(9-11)14-7-8-15(24-14)18-17(19)12(2)20-21(18)10-16(22)23-3/h4-9H,10H2,1-3H3. The van der Waals surface area contributed by atoms with Crippen molar-refractivity contribution in [3.05, 3.63) is 52.1 Å². The van der Waals surface area contributed by atoms with Crippen LogP contribution in [0.3, 0.4) is 0 Å². The Bertz CT molecular complexity index is 896. The van der Waals surface area contributed by atoms with Crippen molar-refractivity contribution in [2.45, 2.75) is 20.4 Å². The van der Waals surface area contributed by atoms with E-state index < -0.39 is 0 Å². The van der Waals surface area contributed by atoms with Crippen molar-refractivity contribution in [1.82, 2.24) is 9.78 Å². The van der Waals surface area contributed by atoms with Crippen molar-refractivity contribution in [2.24, 2.45) is 0 Å². The quantitative estimate of drug-likeness (QED) is 0.622. The lowest BCUT2D eigenvalue weighted by Gasteiger charge is -2.05. The Morgan fingerprint density at radius 1 is 1.25 bits per heavy atom. The molecule has 2 heterocycles. The summed E-state index contributed by atoms with van der Waals surface area (Å²) in [4.78, 5) is 11.6. The Labute approximate surface area is 148 Å². The predicted octanol–water partition coefficient (Wildman–Crippen LogP) is 4.36. The highest BCUT2D eigenvalue weighted by atomic mass is 79.9. The van der Waals surface area contributed by atoms with Crippen LogP contribution in [0.1, 0.15) is 11.3 Å². The molecule has 0 unspecified atom stereocenters. The molecule has 0 aliphatic heterocycles. The lowest BCUT2D eigenvalue weighted by molar-refractivity contribution is -0.141. The van der Waals surface area contributed by atoms with Gasteiger partial charge in [-0.2, -0.15) is 5.10 Å². The van der Waals surface area contributed by atoms with Gasteiger partial charge in [-0.3, -0.25) is 4.79 Å². The van der Waals surface area contributed by atoms with E-state index in [-0.39, 0.29) is 12.5 Å². The van der Waals surface area contributed by atoms with Crippen LogP contribution in [0.25, 0.3) is 22.8 Å². The monoisotopic (exact) mass is 388 g/mol. The summed E-state index contributed by atoms with van der Waals surface area (Å²) in [5.41, 5.74) is 3.67. The van der Waals surface area contributed by atoms with Gasteiger partial charge in [0, 0.05) is 5.56 Å². The number of nitrogens with zero attached hydrogens (tertiary/aromatic N) is 2. The molecule has 0 aliphatic rings. The average molecular weight is 389 g/mol. The molecule has 0 saturated heterocycles. The first kappa shape index (κ1) is 16.5. The van der Waals surface area contributed by atoms with E-state index in [0.29, 0.717) is 5.76 Å². The molecule has 0 aliphatic carbocycles. The zero-order valence-electron chi connectivity index (χ0n) is 13.7. The highest BCUT2D eigenvalue weighted by molar-refractivity contribution is 9.10. The maximum Gasteiger partial charge on any atom is 0.327 e. The summed E-state index contributed by atoms with van der Waals surface area (Å²) in [6.07, 6.45) is 0. The molecule has 0 spiro atoms. The van der Waals surface area contributed by atoms with E-state index in [4.69, 9.17) is 9.15 Å². The smallest absolute Gasteiger partial charge is 0.327 e. The molecular formula is C18H17BrN2O3. The SMILES string of the molecule is COC(=O)Cn1nc(C)c(Br)c1-c1ccc(-c2cccc(C)c2)o1. The largest absolute Gasteiger partial charge is 0.468 e. The number of aryl methyl sites for hydroxylation is 2. The molecule has 1 aromatic carbocycles. The summed E-state index contributed by atoms with van der Waals surface area (Å²) in [5, 5.41) is 4.38. The normalized spacial score (nSPS) is 10.8. The van der Waals surface area contributed by atoms with Gasteiger partial charge in [0.25, 0.3) is 0 Å². The molecule has 3 rings (SSSR count). The summed E-state index contributed by atoms with van der Waals surface area (Å²) in [7, 11) is 1.36. The van der Waals surface area contributed by atoms with E-state index in [1.807, 2.05) is 44.2 Å². The first-order chi connectivity index (χ1) is 11.5. The van der Waals surface area contributed by atoms with Gasteiger partial charge in [0.05, 0.1) is 17.3 Å². The number of halogens is 1. The number of furan rings is 1. The van der Waals surface area contributed by atoms with Gasteiger partial charge in [0.15, 0.2) is 5.76 Å². The molecule has 124 valence electrons. The van der Waals surface area contributed by atoms with Crippen molar-refractivity contribution < 1.29 is 13.9 Å². The number of hydrogen-bond donors (Lipinski definition) is 0. The molecular weight excluding hydrogens is 372 g/mol. The Hall–Kier alpha value is -2.34. The van der Waals surface area contributed by atoms with Crippen LogP contribution in [0.2, 0.25) is 0 Å². The van der Waals surface area contributed by atoms with Crippen molar-refractivity contribution >= 4 is 21.9 Å². The second-order valence-corrected chi connectivity index (χ2v) is 6.31. The molecule has 24 heavy (non-hydrogen) atoms. The van der Waals surface area contributed by atoms with Crippen LogP contribution < -0.4 is 0 Å². The van der Waals surface area contributed by atoms with Gasteiger partial charge in [0.1, 0.15) is 18.0 Å². The zero-order chi connectivity index (χ0) is 17.3. The number of esters is 1. The van der Waals surface area contributed by atoms with Crippen LogP contribution in [-0.4, -0.2) is 22.9 Å². The number of carbonyl (C=O) groups excluding carboxylic acids is 1. The maximum atomic E-state index is 11.6. The number of carbonyl (C=O) groups is 1. The van der Waals surface area contributed by atoms with Gasteiger partial charge in [-0.1, -0.05) is 23.8 Å². The molecule has 2 aromatic heterocycles. The van der Waals surface area contributed by atoms with E-state index in [1.165, 1.54) is 12.7 Å². The average Bonchev–Trinajstić information content (AvgIpc) is 3.13. The predicted molar refractivity (Wildman–Crippen MR) is 94.6 cm³/mol. The summed E-state index contributed by atoms with van der Waals surface area (Å²) >= 11 is 3.53. The maximum absolute atomic E-state index is 11.6. The molecule has 3 aromatic rings. The van der Waals surface area contributed by atoms with E-state index >= 15 is 0 Å². The second kappa shape index (κ2) is 6.65. The molecule has 0 saturated carbocycles. The fourth-order valence-electron chi connectivity index (χ4n) is 2.51. The van der Waals surface area contributed by atoms with Crippen LogP contribution in [0.4, 0.5) is 0 Å². The van der Waals surface area contributed by atoms with E-state index in [0.717, 1.165) is 27.2 Å². The van der Waals surface area contributed by atoms with E-state index in [1.54, 1.807) is 4.68 Å². The molecule has 0 radical (unpaired) electrons. The van der Waals surface area contributed by atoms with Crippen LogP contribution in [0, 0.1) is 13.8 Å². The summed E-state index contributed by atoms with van der Waals surface area (Å²) in [5.74, 6) is 1.05. The number of ether oxygens (including phenoxy) is 1. The van der Waals surface area contributed by atoms with Crippen molar-refractivity contribution in [3.8, 4) is 22.8 Å². The van der Waals surface area contributed by atoms with Crippen LogP contribution in [0.15, 0.2) is 45.3 Å². The number of methoxy groups -OCH3 is 1. The van der Waals surface area contributed by atoms with Gasteiger partial charge in [-0.15, -0.1) is 0 Å². The molecule has 0 amide bonds. The van der Waals surface area contributed by atoms with Crippen LogP contribution in [-0.2, 0) is 16.1 Å². The number of aromatic nitrogens is 2. The Morgan fingerprint density at radius 3 is 2.71 bits per heavy atom. The van der Waals surface area contributed by atoms with Crippen molar-refractivity contribution in [1.29, 1.82) is 0 Å². The van der Waals surface area contributed by atoms with Crippen LogP contribution >= 0.6 is 15.9 Å². The Balaban J connectivity index is 2.02. The third-order valence-corrected chi connectivity index (χ3v) is 4.65. The Kier molecular flexibility index (Phi) is 4.57. The zero-order valence-corrected chi connectivity index (χ0v) is 15.3.